The molecule has 0 atom stereocenters. The van der Waals surface area contributed by atoms with Gasteiger partial charge in [0.25, 0.3) is 5.91 Å². The highest BCUT2D eigenvalue weighted by Gasteiger charge is 2.23. The molecular formula is C20H20N6O2. The second-order valence-corrected chi connectivity index (χ2v) is 6.62. The van der Waals surface area contributed by atoms with Gasteiger partial charge < -0.3 is 16.0 Å². The summed E-state index contributed by atoms with van der Waals surface area (Å²) in [7, 11) is 0. The molecule has 0 spiro atoms. The van der Waals surface area contributed by atoms with Crippen LogP contribution in [0.2, 0.25) is 0 Å². The highest BCUT2D eigenvalue weighted by atomic mass is 16.2. The molecule has 0 saturated heterocycles. The molecule has 0 fully saturated rings. The van der Waals surface area contributed by atoms with Gasteiger partial charge in [-0.05, 0) is 48.0 Å². The first-order valence-electron chi connectivity index (χ1n) is 8.99. The van der Waals surface area contributed by atoms with Crippen LogP contribution in [0, 0.1) is 0 Å². The summed E-state index contributed by atoms with van der Waals surface area (Å²) in [4.78, 5) is 35.0. The summed E-state index contributed by atoms with van der Waals surface area (Å²) >= 11 is 0. The van der Waals surface area contributed by atoms with Crippen LogP contribution in [0.5, 0.6) is 0 Å². The van der Waals surface area contributed by atoms with Gasteiger partial charge in [0.2, 0.25) is 0 Å². The first-order chi connectivity index (χ1) is 13.6. The molecule has 2 amide bonds. The Hall–Kier alpha value is -3.52. The zero-order valence-corrected chi connectivity index (χ0v) is 15.2. The summed E-state index contributed by atoms with van der Waals surface area (Å²) in [5, 5.41) is 2.87. The molecule has 0 unspecified atom stereocenters. The Morgan fingerprint density at radius 1 is 1.11 bits per heavy atom. The van der Waals surface area contributed by atoms with Crippen LogP contribution in [-0.2, 0) is 19.5 Å². The van der Waals surface area contributed by atoms with Crippen molar-refractivity contribution >= 4 is 17.6 Å². The zero-order valence-electron chi connectivity index (χ0n) is 15.2. The van der Waals surface area contributed by atoms with Crippen LogP contribution in [0.3, 0.4) is 0 Å². The highest BCUT2D eigenvalue weighted by molar-refractivity contribution is 5.97. The molecule has 0 radical (unpaired) electrons. The maximum absolute atomic E-state index is 12.5. The monoisotopic (exact) mass is 376 g/mol. The fourth-order valence-electron chi connectivity index (χ4n) is 3.16. The predicted octanol–water partition coefficient (Wildman–Crippen LogP) is 2.02. The number of urea groups is 1. The van der Waals surface area contributed by atoms with Crippen molar-refractivity contribution in [2.45, 2.75) is 19.5 Å². The van der Waals surface area contributed by atoms with Crippen molar-refractivity contribution in [2.75, 3.05) is 11.9 Å². The molecule has 0 saturated carbocycles. The normalized spacial score (nSPS) is 12.7. The molecule has 4 rings (SSSR count). The molecule has 3 N–H and O–H groups in total. The minimum atomic E-state index is -0.184. The topological polar surface area (TPSA) is 106 Å². The van der Waals surface area contributed by atoms with E-state index in [1.165, 1.54) is 10.9 Å². The van der Waals surface area contributed by atoms with Crippen LogP contribution < -0.4 is 11.1 Å². The molecule has 1 aliphatic heterocycles. The van der Waals surface area contributed by atoms with Crippen LogP contribution in [-0.4, -0.2) is 37.9 Å². The van der Waals surface area contributed by atoms with E-state index in [0.29, 0.717) is 37.3 Å². The van der Waals surface area contributed by atoms with Crippen LogP contribution >= 0.6 is 0 Å². The molecule has 2 aromatic heterocycles. The minimum absolute atomic E-state index is 0.184. The molecule has 1 aliphatic rings. The van der Waals surface area contributed by atoms with E-state index in [-0.39, 0.29) is 11.9 Å². The molecular weight excluding hydrogens is 356 g/mol. The molecule has 3 aromatic rings. The number of nitrogens with zero attached hydrogens (tertiary/aromatic N) is 4. The van der Waals surface area contributed by atoms with E-state index in [4.69, 9.17) is 5.73 Å². The Kier molecular flexibility index (Phi) is 4.86. The molecule has 142 valence electrons. The van der Waals surface area contributed by atoms with Gasteiger partial charge >= 0.3 is 6.03 Å². The van der Waals surface area contributed by atoms with Crippen LogP contribution in [0.1, 0.15) is 27.2 Å². The third kappa shape index (κ3) is 3.63. The SMILES string of the molecule is NCCc1cn(C(=O)c2ccc(NC(=O)N3Cc4ccncc4C3)cc2)cn1. The minimum Gasteiger partial charge on any atom is -0.330 e. The second kappa shape index (κ2) is 7.61. The summed E-state index contributed by atoms with van der Waals surface area (Å²) in [6, 6.07) is 8.54. The summed E-state index contributed by atoms with van der Waals surface area (Å²) in [6.45, 7) is 1.58. The van der Waals surface area contributed by atoms with Crippen molar-refractivity contribution in [1.82, 2.24) is 19.4 Å². The van der Waals surface area contributed by atoms with Crippen molar-refractivity contribution in [3.05, 3.63) is 77.6 Å². The molecule has 8 heteroatoms. The average molecular weight is 376 g/mol. The number of pyridine rings is 1. The number of carbonyl (C=O) groups is 2. The smallest absolute Gasteiger partial charge is 0.322 e. The Balaban J connectivity index is 1.39. The van der Waals surface area contributed by atoms with E-state index in [2.05, 4.69) is 15.3 Å². The zero-order chi connectivity index (χ0) is 19.5. The fourth-order valence-corrected chi connectivity index (χ4v) is 3.16. The van der Waals surface area contributed by atoms with Gasteiger partial charge in [-0.2, -0.15) is 0 Å². The molecule has 3 heterocycles. The number of aromatic nitrogens is 3. The van der Waals surface area contributed by atoms with E-state index in [9.17, 15) is 9.59 Å². The van der Waals surface area contributed by atoms with Crippen molar-refractivity contribution < 1.29 is 9.59 Å². The van der Waals surface area contributed by atoms with Crippen molar-refractivity contribution in [3.8, 4) is 0 Å². The lowest BCUT2D eigenvalue weighted by molar-refractivity contribution is 0.0959. The molecule has 0 aliphatic carbocycles. The lowest BCUT2D eigenvalue weighted by atomic mass is 10.2. The predicted molar refractivity (Wildman–Crippen MR) is 104 cm³/mol. The highest BCUT2D eigenvalue weighted by Crippen LogP contribution is 2.22. The summed E-state index contributed by atoms with van der Waals surface area (Å²) < 4.78 is 1.44. The van der Waals surface area contributed by atoms with Crippen molar-refractivity contribution in [2.24, 2.45) is 5.73 Å². The third-order valence-corrected chi connectivity index (χ3v) is 4.67. The largest absolute Gasteiger partial charge is 0.330 e. The van der Waals surface area contributed by atoms with Gasteiger partial charge in [0, 0.05) is 49.4 Å². The Labute approximate surface area is 162 Å². The number of benzene rings is 1. The summed E-state index contributed by atoms with van der Waals surface area (Å²) in [6.07, 6.45) is 7.32. The van der Waals surface area contributed by atoms with Gasteiger partial charge in [0.1, 0.15) is 6.33 Å². The number of amides is 2. The van der Waals surface area contributed by atoms with E-state index in [1.807, 2.05) is 6.07 Å². The standard InChI is InChI=1S/C20H20N6O2/c21-7-5-18-12-26(13-23-18)19(27)14-1-3-17(4-2-14)24-20(28)25-10-15-6-8-22-9-16(15)11-25/h1-4,6,8-9,12-13H,5,7,10-11,21H2,(H,24,28). The molecule has 1 aromatic carbocycles. The number of imidazole rings is 1. The van der Waals surface area contributed by atoms with Gasteiger partial charge in [0.15, 0.2) is 0 Å². The van der Waals surface area contributed by atoms with E-state index in [1.54, 1.807) is 47.8 Å². The Morgan fingerprint density at radius 2 is 1.89 bits per heavy atom. The molecule has 0 bridgehead atoms. The van der Waals surface area contributed by atoms with Gasteiger partial charge in [-0.1, -0.05) is 0 Å². The van der Waals surface area contributed by atoms with Gasteiger partial charge in [-0.15, -0.1) is 0 Å². The number of rotatable bonds is 4. The van der Waals surface area contributed by atoms with Gasteiger partial charge in [-0.3, -0.25) is 14.3 Å². The van der Waals surface area contributed by atoms with E-state index >= 15 is 0 Å². The fraction of sp³-hybridized carbons (Fsp3) is 0.200. The van der Waals surface area contributed by atoms with E-state index in [0.717, 1.165) is 16.8 Å². The Morgan fingerprint density at radius 3 is 2.64 bits per heavy atom. The number of fused-ring (bicyclic) bond motifs is 1. The number of nitrogens with one attached hydrogen (secondary N) is 1. The lowest BCUT2D eigenvalue weighted by Crippen LogP contribution is -2.30. The number of hydrogen-bond donors (Lipinski definition) is 2. The number of carbonyl (C=O) groups excluding carboxylic acids is 2. The second-order valence-electron chi connectivity index (χ2n) is 6.62. The van der Waals surface area contributed by atoms with Crippen LogP contribution in [0.4, 0.5) is 10.5 Å². The van der Waals surface area contributed by atoms with Gasteiger partial charge in [-0.25, -0.2) is 9.78 Å². The summed E-state index contributed by atoms with van der Waals surface area (Å²) in [5.41, 5.74) is 9.60. The van der Waals surface area contributed by atoms with Crippen LogP contribution in [0.25, 0.3) is 0 Å². The first-order valence-corrected chi connectivity index (χ1v) is 8.99. The maximum Gasteiger partial charge on any atom is 0.322 e. The van der Waals surface area contributed by atoms with Gasteiger partial charge in [0.05, 0.1) is 5.69 Å². The van der Waals surface area contributed by atoms with Crippen LogP contribution in [0.15, 0.2) is 55.2 Å². The number of hydrogen-bond acceptors (Lipinski definition) is 5. The van der Waals surface area contributed by atoms with Crippen molar-refractivity contribution in [1.29, 1.82) is 0 Å². The number of anilines is 1. The molecule has 28 heavy (non-hydrogen) atoms. The number of nitrogens with two attached hydrogens (primary N) is 1. The maximum atomic E-state index is 12.5. The average Bonchev–Trinajstić information content (AvgIpc) is 3.35. The van der Waals surface area contributed by atoms with E-state index < -0.39 is 0 Å². The Bertz CT molecular complexity index is 987. The lowest BCUT2D eigenvalue weighted by Gasteiger charge is -2.16. The quantitative estimate of drug-likeness (QED) is 0.724. The van der Waals surface area contributed by atoms with Crippen molar-refractivity contribution in [3.63, 3.8) is 0 Å². The third-order valence-electron chi connectivity index (χ3n) is 4.67. The first kappa shape index (κ1) is 17.9. The summed E-state index contributed by atoms with van der Waals surface area (Å²) in [5.74, 6) is -0.184. The molecule has 8 nitrogen and oxygen atoms in total.